The van der Waals surface area contributed by atoms with Crippen LogP contribution in [-0.2, 0) is 0 Å². The van der Waals surface area contributed by atoms with Crippen molar-refractivity contribution in [2.45, 2.75) is 13.8 Å². The topological polar surface area (TPSA) is 49.3 Å². The van der Waals surface area contributed by atoms with E-state index in [0.29, 0.717) is 17.1 Å². The summed E-state index contributed by atoms with van der Waals surface area (Å²) in [7, 11) is 0. The van der Waals surface area contributed by atoms with E-state index in [1.54, 1.807) is 18.2 Å². The molecule has 0 aliphatic heterocycles. The molecule has 94 valence electrons. The van der Waals surface area contributed by atoms with Gasteiger partial charge in [-0.15, -0.1) is 0 Å². The maximum atomic E-state index is 11.8. The summed E-state index contributed by atoms with van der Waals surface area (Å²) >= 11 is 8.06. The lowest BCUT2D eigenvalue weighted by molar-refractivity contribution is 0.0911. The summed E-state index contributed by atoms with van der Waals surface area (Å²) in [6.45, 7) is 4.22. The lowest BCUT2D eigenvalue weighted by Crippen LogP contribution is -2.36. The molecule has 0 saturated heterocycles. The van der Waals surface area contributed by atoms with E-state index < -0.39 is 0 Å². The monoisotopic (exact) mass is 367 g/mol. The second-order valence-corrected chi connectivity index (χ2v) is 6.20. The molecule has 0 aliphatic rings. The first-order valence-corrected chi connectivity index (χ1v) is 6.65. The molecular formula is C12H15ClINO2. The SMILES string of the molecule is CC(C)(CO)CNC(=O)c1ccc(I)c(Cl)c1. The van der Waals surface area contributed by atoms with Crippen LogP contribution in [-0.4, -0.2) is 24.2 Å². The largest absolute Gasteiger partial charge is 0.396 e. The maximum absolute atomic E-state index is 11.8. The first-order chi connectivity index (χ1) is 7.85. The molecule has 3 nitrogen and oxygen atoms in total. The quantitative estimate of drug-likeness (QED) is 0.804. The Kier molecular flexibility index (Phi) is 5.22. The Hall–Kier alpha value is -0.330. The van der Waals surface area contributed by atoms with Crippen molar-refractivity contribution in [1.29, 1.82) is 0 Å². The number of halogens is 2. The summed E-state index contributed by atoms with van der Waals surface area (Å²) in [6.07, 6.45) is 0. The average Bonchev–Trinajstić information content (AvgIpc) is 2.30. The molecule has 0 bridgehead atoms. The summed E-state index contributed by atoms with van der Waals surface area (Å²) < 4.78 is 0.913. The van der Waals surface area contributed by atoms with Crippen molar-refractivity contribution in [3.05, 3.63) is 32.4 Å². The lowest BCUT2D eigenvalue weighted by atomic mass is 9.95. The van der Waals surface area contributed by atoms with Crippen LogP contribution >= 0.6 is 34.2 Å². The highest BCUT2D eigenvalue weighted by Gasteiger charge is 2.18. The van der Waals surface area contributed by atoms with E-state index in [0.717, 1.165) is 3.57 Å². The van der Waals surface area contributed by atoms with Crippen LogP contribution in [0.3, 0.4) is 0 Å². The highest BCUT2D eigenvalue weighted by molar-refractivity contribution is 14.1. The predicted octanol–water partition coefficient (Wildman–Crippen LogP) is 2.69. The fraction of sp³-hybridized carbons (Fsp3) is 0.417. The summed E-state index contributed by atoms with van der Waals surface area (Å²) in [5, 5.41) is 12.4. The number of hydrogen-bond acceptors (Lipinski definition) is 2. The zero-order valence-corrected chi connectivity index (χ0v) is 12.7. The van der Waals surface area contributed by atoms with E-state index in [9.17, 15) is 4.79 Å². The van der Waals surface area contributed by atoms with Crippen molar-refractivity contribution in [2.75, 3.05) is 13.2 Å². The van der Waals surface area contributed by atoms with Gasteiger partial charge in [0.1, 0.15) is 0 Å². The van der Waals surface area contributed by atoms with Crippen LogP contribution < -0.4 is 5.32 Å². The Morgan fingerprint density at radius 1 is 1.53 bits per heavy atom. The number of benzene rings is 1. The number of amides is 1. The van der Waals surface area contributed by atoms with E-state index in [1.807, 2.05) is 13.8 Å². The van der Waals surface area contributed by atoms with E-state index in [4.69, 9.17) is 16.7 Å². The van der Waals surface area contributed by atoms with Gasteiger partial charge in [-0.3, -0.25) is 4.79 Å². The molecule has 1 aromatic rings. The van der Waals surface area contributed by atoms with Crippen molar-refractivity contribution in [3.8, 4) is 0 Å². The van der Waals surface area contributed by atoms with Gasteiger partial charge in [0.25, 0.3) is 5.91 Å². The van der Waals surface area contributed by atoms with Crippen molar-refractivity contribution < 1.29 is 9.90 Å². The third-order valence-corrected chi connectivity index (χ3v) is 3.91. The van der Waals surface area contributed by atoms with E-state index >= 15 is 0 Å². The molecule has 5 heteroatoms. The van der Waals surface area contributed by atoms with Crippen LogP contribution in [0.25, 0.3) is 0 Å². The van der Waals surface area contributed by atoms with Crippen molar-refractivity contribution >= 4 is 40.1 Å². The van der Waals surface area contributed by atoms with Crippen LogP contribution in [0.2, 0.25) is 5.02 Å². The number of carbonyl (C=O) groups excluding carboxylic acids is 1. The Labute approximate surface area is 120 Å². The smallest absolute Gasteiger partial charge is 0.251 e. The third kappa shape index (κ3) is 4.44. The number of hydrogen-bond donors (Lipinski definition) is 2. The molecule has 0 radical (unpaired) electrons. The average molecular weight is 368 g/mol. The fourth-order valence-corrected chi connectivity index (χ4v) is 1.63. The Morgan fingerprint density at radius 2 is 2.18 bits per heavy atom. The second-order valence-electron chi connectivity index (χ2n) is 4.63. The first kappa shape index (κ1) is 14.7. The minimum Gasteiger partial charge on any atom is -0.396 e. The van der Waals surface area contributed by atoms with E-state index in [2.05, 4.69) is 27.9 Å². The normalized spacial score (nSPS) is 11.4. The summed E-state index contributed by atoms with van der Waals surface area (Å²) in [5.41, 5.74) is 0.215. The Balaban J connectivity index is 2.68. The lowest BCUT2D eigenvalue weighted by Gasteiger charge is -2.21. The number of aliphatic hydroxyl groups is 1. The molecule has 2 N–H and O–H groups in total. The maximum Gasteiger partial charge on any atom is 0.251 e. The van der Waals surface area contributed by atoms with Crippen LogP contribution in [0.1, 0.15) is 24.2 Å². The molecule has 1 aromatic carbocycles. The highest BCUT2D eigenvalue weighted by atomic mass is 127. The van der Waals surface area contributed by atoms with Gasteiger partial charge in [-0.2, -0.15) is 0 Å². The zero-order chi connectivity index (χ0) is 13.1. The third-order valence-electron chi connectivity index (χ3n) is 2.34. The van der Waals surface area contributed by atoms with Crippen LogP contribution in [0, 0.1) is 8.99 Å². The van der Waals surface area contributed by atoms with Gasteiger partial charge in [0.2, 0.25) is 0 Å². The first-order valence-electron chi connectivity index (χ1n) is 5.20. The number of nitrogens with one attached hydrogen (secondary N) is 1. The molecule has 17 heavy (non-hydrogen) atoms. The standard InChI is InChI=1S/C12H15ClINO2/c1-12(2,7-16)6-15-11(17)8-3-4-10(14)9(13)5-8/h3-5,16H,6-7H2,1-2H3,(H,15,17). The Bertz CT molecular complexity index is 421. The summed E-state index contributed by atoms with van der Waals surface area (Å²) in [4.78, 5) is 11.8. The minimum absolute atomic E-state index is 0.0285. The van der Waals surface area contributed by atoms with Gasteiger partial charge in [0.15, 0.2) is 0 Å². The van der Waals surface area contributed by atoms with Gasteiger partial charge in [-0.25, -0.2) is 0 Å². The van der Waals surface area contributed by atoms with Crippen molar-refractivity contribution in [1.82, 2.24) is 5.32 Å². The predicted molar refractivity (Wildman–Crippen MR) is 77.4 cm³/mol. The summed E-state index contributed by atoms with van der Waals surface area (Å²) in [5.74, 6) is -0.176. The summed E-state index contributed by atoms with van der Waals surface area (Å²) in [6, 6.07) is 5.18. The number of rotatable bonds is 4. The molecule has 0 aromatic heterocycles. The molecule has 0 saturated carbocycles. The zero-order valence-electron chi connectivity index (χ0n) is 9.76. The van der Waals surface area contributed by atoms with E-state index in [-0.39, 0.29) is 17.9 Å². The second kappa shape index (κ2) is 6.02. The van der Waals surface area contributed by atoms with Gasteiger partial charge < -0.3 is 10.4 Å². The van der Waals surface area contributed by atoms with Gasteiger partial charge in [-0.05, 0) is 40.8 Å². The van der Waals surface area contributed by atoms with Gasteiger partial charge in [-0.1, -0.05) is 25.4 Å². The molecule has 0 spiro atoms. The number of carbonyl (C=O) groups is 1. The Morgan fingerprint density at radius 3 is 2.71 bits per heavy atom. The molecular weight excluding hydrogens is 352 g/mol. The molecule has 0 atom stereocenters. The molecule has 1 rings (SSSR count). The highest BCUT2D eigenvalue weighted by Crippen LogP contribution is 2.19. The molecule has 0 aliphatic carbocycles. The minimum atomic E-state index is -0.317. The molecule has 0 fully saturated rings. The van der Waals surface area contributed by atoms with E-state index in [1.165, 1.54) is 0 Å². The molecule has 0 heterocycles. The number of aliphatic hydroxyl groups excluding tert-OH is 1. The van der Waals surface area contributed by atoms with Gasteiger partial charge in [0, 0.05) is 27.7 Å². The van der Waals surface area contributed by atoms with Gasteiger partial charge >= 0.3 is 0 Å². The molecule has 0 unspecified atom stereocenters. The van der Waals surface area contributed by atoms with Crippen molar-refractivity contribution in [2.24, 2.45) is 5.41 Å². The van der Waals surface area contributed by atoms with Gasteiger partial charge in [0.05, 0.1) is 5.02 Å². The fourth-order valence-electron chi connectivity index (χ4n) is 1.11. The van der Waals surface area contributed by atoms with Crippen molar-refractivity contribution in [3.63, 3.8) is 0 Å². The molecule has 1 amide bonds. The van der Waals surface area contributed by atoms with Crippen LogP contribution in [0.4, 0.5) is 0 Å². The van der Waals surface area contributed by atoms with Crippen LogP contribution in [0.15, 0.2) is 18.2 Å². The van der Waals surface area contributed by atoms with Crippen LogP contribution in [0.5, 0.6) is 0 Å².